The maximum absolute atomic E-state index is 5.34. The fourth-order valence-corrected chi connectivity index (χ4v) is 0.898. The maximum Gasteiger partial charge on any atom is 0.0478 e. The number of nitrogens with two attached hydrogens (primary N) is 1. The van der Waals surface area contributed by atoms with Crippen LogP contribution in [0.25, 0.3) is 0 Å². The number of nitrogens with one attached hydrogen (secondary N) is 1. The quantitative estimate of drug-likeness (QED) is 0.507. The van der Waals surface area contributed by atoms with Crippen molar-refractivity contribution in [2.24, 2.45) is 5.73 Å². The summed E-state index contributed by atoms with van der Waals surface area (Å²) in [5.41, 5.74) is 5.34. The van der Waals surface area contributed by atoms with Gasteiger partial charge in [0.2, 0.25) is 0 Å². The zero-order chi connectivity index (χ0) is 9.07. The summed E-state index contributed by atoms with van der Waals surface area (Å²) < 4.78 is 5.32. The molecule has 0 saturated heterocycles. The Morgan fingerprint density at radius 3 is 2.58 bits per heavy atom. The number of hydrogen-bond acceptors (Lipinski definition) is 3. The van der Waals surface area contributed by atoms with E-state index in [4.69, 9.17) is 10.5 Å². The highest BCUT2D eigenvalue weighted by atomic mass is 16.5. The van der Waals surface area contributed by atoms with Crippen LogP contribution in [0.4, 0.5) is 0 Å². The number of ether oxygens (including phenoxy) is 1. The summed E-state index contributed by atoms with van der Waals surface area (Å²) in [5, 5.41) is 3.30. The predicted molar refractivity (Wildman–Crippen MR) is 52.3 cm³/mol. The van der Waals surface area contributed by atoms with Crippen LogP contribution in [-0.4, -0.2) is 32.8 Å². The molecule has 0 fully saturated rings. The summed E-state index contributed by atoms with van der Waals surface area (Å²) in [5.74, 6) is 0. The Bertz CT molecular complexity index is 68.9. The molecule has 0 atom stereocenters. The molecule has 0 rings (SSSR count). The summed E-state index contributed by atoms with van der Waals surface area (Å²) in [6, 6.07) is 0. The molecule has 0 heterocycles. The Morgan fingerprint density at radius 1 is 1.17 bits per heavy atom. The molecule has 0 bridgehead atoms. The standard InChI is InChI=1S/C9H22N2O/c1-2-8-12-9-4-7-11-6-3-5-10/h11H,2-10H2,1H3. The Labute approximate surface area is 75.7 Å². The van der Waals surface area contributed by atoms with Gasteiger partial charge < -0.3 is 15.8 Å². The summed E-state index contributed by atoms with van der Waals surface area (Å²) in [6.07, 6.45) is 3.28. The lowest BCUT2D eigenvalue weighted by Gasteiger charge is -2.03. The Kier molecular flexibility index (Phi) is 10.8. The van der Waals surface area contributed by atoms with Gasteiger partial charge in [0.1, 0.15) is 0 Å². The van der Waals surface area contributed by atoms with Crippen molar-refractivity contribution in [2.45, 2.75) is 26.2 Å². The lowest BCUT2D eigenvalue weighted by molar-refractivity contribution is 0.132. The van der Waals surface area contributed by atoms with Crippen LogP contribution in [-0.2, 0) is 4.74 Å². The Balaban J connectivity index is 2.73. The second-order valence-corrected chi connectivity index (χ2v) is 2.86. The minimum Gasteiger partial charge on any atom is -0.381 e. The molecule has 0 aliphatic heterocycles. The van der Waals surface area contributed by atoms with Gasteiger partial charge in [-0.2, -0.15) is 0 Å². The molecule has 0 aromatic carbocycles. The van der Waals surface area contributed by atoms with E-state index < -0.39 is 0 Å². The van der Waals surface area contributed by atoms with E-state index in [9.17, 15) is 0 Å². The fraction of sp³-hybridized carbons (Fsp3) is 1.00. The minimum atomic E-state index is 0.777. The monoisotopic (exact) mass is 174 g/mol. The van der Waals surface area contributed by atoms with Gasteiger partial charge in [-0.3, -0.25) is 0 Å². The lowest BCUT2D eigenvalue weighted by Crippen LogP contribution is -2.20. The number of hydrogen-bond donors (Lipinski definition) is 2. The zero-order valence-corrected chi connectivity index (χ0v) is 8.14. The minimum absolute atomic E-state index is 0.777. The molecule has 0 spiro atoms. The molecule has 0 aliphatic rings. The van der Waals surface area contributed by atoms with Crippen molar-refractivity contribution in [2.75, 3.05) is 32.8 Å². The molecule has 74 valence electrons. The SMILES string of the molecule is CCCOCCCNCCCN. The molecule has 0 aliphatic carbocycles. The van der Waals surface area contributed by atoms with Gasteiger partial charge >= 0.3 is 0 Å². The van der Waals surface area contributed by atoms with E-state index in [-0.39, 0.29) is 0 Å². The van der Waals surface area contributed by atoms with Crippen LogP contribution in [0.3, 0.4) is 0 Å². The van der Waals surface area contributed by atoms with Crippen molar-refractivity contribution in [1.82, 2.24) is 5.32 Å². The molecular weight excluding hydrogens is 152 g/mol. The van der Waals surface area contributed by atoms with Crippen molar-refractivity contribution >= 4 is 0 Å². The third kappa shape index (κ3) is 9.88. The van der Waals surface area contributed by atoms with Crippen molar-refractivity contribution in [1.29, 1.82) is 0 Å². The van der Waals surface area contributed by atoms with E-state index >= 15 is 0 Å². The summed E-state index contributed by atoms with van der Waals surface area (Å²) >= 11 is 0. The third-order valence-electron chi connectivity index (χ3n) is 1.55. The second-order valence-electron chi connectivity index (χ2n) is 2.86. The largest absolute Gasteiger partial charge is 0.381 e. The molecular formula is C9H22N2O. The summed E-state index contributed by atoms with van der Waals surface area (Å²) in [6.45, 7) is 6.75. The van der Waals surface area contributed by atoms with Gasteiger partial charge in [0, 0.05) is 13.2 Å². The topological polar surface area (TPSA) is 47.3 Å². The molecule has 0 aromatic heterocycles. The molecule has 3 N–H and O–H groups in total. The number of rotatable bonds is 9. The molecule has 0 amide bonds. The van der Waals surface area contributed by atoms with Crippen molar-refractivity contribution in [3.05, 3.63) is 0 Å². The molecule has 0 radical (unpaired) electrons. The van der Waals surface area contributed by atoms with E-state index in [0.29, 0.717) is 0 Å². The van der Waals surface area contributed by atoms with E-state index in [1.165, 1.54) is 0 Å². The molecule has 0 unspecified atom stereocenters. The van der Waals surface area contributed by atoms with Gasteiger partial charge in [-0.1, -0.05) is 6.92 Å². The molecule has 3 nitrogen and oxygen atoms in total. The van der Waals surface area contributed by atoms with Crippen LogP contribution >= 0.6 is 0 Å². The van der Waals surface area contributed by atoms with Crippen LogP contribution in [0.1, 0.15) is 26.2 Å². The average molecular weight is 174 g/mol. The first-order valence-corrected chi connectivity index (χ1v) is 4.90. The first kappa shape index (κ1) is 11.9. The van der Waals surface area contributed by atoms with Gasteiger partial charge in [0.15, 0.2) is 0 Å². The van der Waals surface area contributed by atoms with Crippen LogP contribution in [0, 0.1) is 0 Å². The van der Waals surface area contributed by atoms with Gasteiger partial charge in [0.25, 0.3) is 0 Å². The van der Waals surface area contributed by atoms with Gasteiger partial charge in [0.05, 0.1) is 0 Å². The molecule has 0 saturated carbocycles. The zero-order valence-electron chi connectivity index (χ0n) is 8.14. The van der Waals surface area contributed by atoms with Gasteiger partial charge in [-0.25, -0.2) is 0 Å². The van der Waals surface area contributed by atoms with Gasteiger partial charge in [-0.05, 0) is 38.9 Å². The van der Waals surface area contributed by atoms with Crippen LogP contribution in [0.5, 0.6) is 0 Å². The van der Waals surface area contributed by atoms with Gasteiger partial charge in [-0.15, -0.1) is 0 Å². The molecule has 12 heavy (non-hydrogen) atoms. The van der Waals surface area contributed by atoms with E-state index in [0.717, 1.165) is 52.1 Å². The van der Waals surface area contributed by atoms with Crippen LogP contribution in [0.2, 0.25) is 0 Å². The fourth-order valence-electron chi connectivity index (χ4n) is 0.898. The highest BCUT2D eigenvalue weighted by Crippen LogP contribution is 1.83. The molecule has 0 aromatic rings. The smallest absolute Gasteiger partial charge is 0.0478 e. The predicted octanol–water partition coefficient (Wildman–Crippen LogP) is 0.742. The van der Waals surface area contributed by atoms with Crippen LogP contribution < -0.4 is 11.1 Å². The highest BCUT2D eigenvalue weighted by molar-refractivity contribution is 4.47. The third-order valence-corrected chi connectivity index (χ3v) is 1.55. The van der Waals surface area contributed by atoms with Crippen molar-refractivity contribution < 1.29 is 4.74 Å². The van der Waals surface area contributed by atoms with E-state index in [1.54, 1.807) is 0 Å². The highest BCUT2D eigenvalue weighted by Gasteiger charge is 1.88. The van der Waals surface area contributed by atoms with Crippen LogP contribution in [0.15, 0.2) is 0 Å². The molecule has 3 heteroatoms. The first-order chi connectivity index (χ1) is 5.91. The first-order valence-electron chi connectivity index (χ1n) is 4.90. The normalized spacial score (nSPS) is 10.5. The van der Waals surface area contributed by atoms with Crippen molar-refractivity contribution in [3.63, 3.8) is 0 Å². The summed E-state index contributed by atoms with van der Waals surface area (Å²) in [7, 11) is 0. The van der Waals surface area contributed by atoms with Crippen molar-refractivity contribution in [3.8, 4) is 0 Å². The average Bonchev–Trinajstić information content (AvgIpc) is 2.10. The Hall–Kier alpha value is -0.120. The maximum atomic E-state index is 5.34. The Morgan fingerprint density at radius 2 is 1.92 bits per heavy atom. The van der Waals surface area contributed by atoms with E-state index in [2.05, 4.69) is 12.2 Å². The second kappa shape index (κ2) is 10.9. The summed E-state index contributed by atoms with van der Waals surface area (Å²) in [4.78, 5) is 0. The lowest BCUT2D eigenvalue weighted by atomic mass is 10.4. The van der Waals surface area contributed by atoms with E-state index in [1.807, 2.05) is 0 Å².